The van der Waals surface area contributed by atoms with Gasteiger partial charge in [0.15, 0.2) is 0 Å². The van der Waals surface area contributed by atoms with Gasteiger partial charge in [-0.3, -0.25) is 4.79 Å². The molecule has 0 spiro atoms. The smallest absolute Gasteiger partial charge is 0.254 e. The number of rotatable bonds is 6. The number of carbonyl (C=O) groups excluding carboxylic acids is 1. The average Bonchev–Trinajstić information content (AvgIpc) is 3.00. The van der Waals surface area contributed by atoms with Crippen molar-refractivity contribution in [3.8, 4) is 0 Å². The number of halogens is 2. The molecule has 0 aliphatic carbocycles. The second-order valence-electron chi connectivity index (χ2n) is 6.45. The molecule has 2 aromatic heterocycles. The van der Waals surface area contributed by atoms with Crippen molar-refractivity contribution in [3.63, 3.8) is 0 Å². The molecule has 3 aromatic rings. The molecule has 0 aliphatic rings. The molecule has 2 heterocycles. The Bertz CT molecular complexity index is 1140. The Hall–Kier alpha value is -2.30. The summed E-state index contributed by atoms with van der Waals surface area (Å²) in [5.74, 6) is -1.53. The van der Waals surface area contributed by atoms with Gasteiger partial charge in [0.1, 0.15) is 11.5 Å². The third-order valence-electron chi connectivity index (χ3n) is 3.78. The van der Waals surface area contributed by atoms with Gasteiger partial charge in [0.05, 0.1) is 22.7 Å². The summed E-state index contributed by atoms with van der Waals surface area (Å²) in [6.07, 6.45) is 3.56. The molecule has 2 N–H and O–H groups in total. The Morgan fingerprint density at radius 1 is 1.25 bits per heavy atom. The molecule has 10 heteroatoms. The van der Waals surface area contributed by atoms with Crippen LogP contribution < -0.4 is 10.0 Å². The van der Waals surface area contributed by atoms with E-state index in [1.54, 1.807) is 24.4 Å². The van der Waals surface area contributed by atoms with Crippen LogP contribution in [0, 0.1) is 5.82 Å². The lowest BCUT2D eigenvalue weighted by atomic mass is 10.2. The molecule has 148 valence electrons. The molecule has 0 saturated heterocycles. The third kappa shape index (κ3) is 4.57. The number of benzene rings is 1. The largest absolute Gasteiger partial charge is 0.346 e. The van der Waals surface area contributed by atoms with Crippen LogP contribution in [0.25, 0.3) is 5.65 Å². The van der Waals surface area contributed by atoms with E-state index in [9.17, 15) is 17.6 Å². The number of imidazole rings is 1. The number of hydrogen-bond donors (Lipinski definition) is 2. The van der Waals surface area contributed by atoms with Crippen LogP contribution in [-0.4, -0.2) is 29.8 Å². The van der Waals surface area contributed by atoms with Crippen molar-refractivity contribution >= 4 is 37.5 Å². The number of sulfonamides is 1. The van der Waals surface area contributed by atoms with Crippen molar-refractivity contribution in [2.75, 3.05) is 0 Å². The van der Waals surface area contributed by atoms with Crippen LogP contribution in [0.15, 0.2) is 52.1 Å². The number of aromatic nitrogens is 2. The Morgan fingerprint density at radius 2 is 2.00 bits per heavy atom. The first kappa shape index (κ1) is 20.4. The molecule has 7 nitrogen and oxygen atoms in total. The second kappa shape index (κ2) is 7.98. The number of nitrogens with zero attached hydrogens (tertiary/aromatic N) is 2. The van der Waals surface area contributed by atoms with Crippen LogP contribution in [0.3, 0.4) is 0 Å². The summed E-state index contributed by atoms with van der Waals surface area (Å²) in [7, 11) is -3.84. The van der Waals surface area contributed by atoms with Gasteiger partial charge in [0.25, 0.3) is 5.91 Å². The number of pyridine rings is 1. The van der Waals surface area contributed by atoms with Crippen LogP contribution in [0.4, 0.5) is 4.39 Å². The number of amides is 1. The fourth-order valence-electron chi connectivity index (χ4n) is 2.59. The Balaban J connectivity index is 1.78. The zero-order valence-electron chi connectivity index (χ0n) is 15.1. The first-order valence-corrected chi connectivity index (χ1v) is 10.7. The molecule has 0 bridgehead atoms. The van der Waals surface area contributed by atoms with Gasteiger partial charge in [-0.2, -0.15) is 0 Å². The highest BCUT2D eigenvalue weighted by molar-refractivity contribution is 9.10. The molecule has 0 fully saturated rings. The minimum absolute atomic E-state index is 0.0682. The van der Waals surface area contributed by atoms with E-state index in [0.717, 1.165) is 22.7 Å². The highest BCUT2D eigenvalue weighted by Gasteiger charge is 2.20. The van der Waals surface area contributed by atoms with E-state index >= 15 is 0 Å². The third-order valence-corrected chi connectivity index (χ3v) is 5.90. The van der Waals surface area contributed by atoms with Gasteiger partial charge < -0.3 is 9.72 Å². The fraction of sp³-hybridized carbons (Fsp3) is 0.222. The SMILES string of the molecule is CC(C)NS(=O)(=O)c1ccc(F)c(C(=O)NCc2cn3cc(Br)ccc3n2)c1. The lowest BCUT2D eigenvalue weighted by molar-refractivity contribution is 0.0946. The maximum absolute atomic E-state index is 14.1. The Morgan fingerprint density at radius 3 is 2.71 bits per heavy atom. The lowest BCUT2D eigenvalue weighted by Crippen LogP contribution is -2.31. The minimum atomic E-state index is -3.84. The summed E-state index contributed by atoms with van der Waals surface area (Å²) in [6.45, 7) is 3.41. The van der Waals surface area contributed by atoms with Crippen molar-refractivity contribution in [1.82, 2.24) is 19.4 Å². The number of carbonyl (C=O) groups is 1. The van der Waals surface area contributed by atoms with Crippen LogP contribution in [0.2, 0.25) is 0 Å². The summed E-state index contributed by atoms with van der Waals surface area (Å²) >= 11 is 3.37. The molecule has 0 radical (unpaired) electrons. The Labute approximate surface area is 170 Å². The van der Waals surface area contributed by atoms with Crippen molar-refractivity contribution in [1.29, 1.82) is 0 Å². The first-order chi connectivity index (χ1) is 13.2. The van der Waals surface area contributed by atoms with Gasteiger partial charge in [-0.05, 0) is 60.1 Å². The van der Waals surface area contributed by atoms with E-state index in [1.807, 2.05) is 18.3 Å². The number of hydrogen-bond acceptors (Lipinski definition) is 4. The molecule has 0 saturated carbocycles. The van der Waals surface area contributed by atoms with E-state index in [2.05, 4.69) is 31.0 Å². The molecular weight excluding hydrogens is 451 g/mol. The summed E-state index contributed by atoms with van der Waals surface area (Å²) in [5.41, 5.74) is 0.932. The van der Waals surface area contributed by atoms with Crippen LogP contribution in [0.5, 0.6) is 0 Å². The number of fused-ring (bicyclic) bond motifs is 1. The van der Waals surface area contributed by atoms with E-state index in [1.165, 1.54) is 0 Å². The van der Waals surface area contributed by atoms with E-state index < -0.39 is 21.7 Å². The standard InChI is InChI=1S/C18H18BrFN4O3S/c1-11(2)23-28(26,27)14-4-5-16(20)15(7-14)18(25)21-8-13-10-24-9-12(19)3-6-17(24)22-13/h3-7,9-11,23H,8H2,1-2H3,(H,21,25). The topological polar surface area (TPSA) is 92.6 Å². The van der Waals surface area contributed by atoms with Crippen LogP contribution in [-0.2, 0) is 16.6 Å². The van der Waals surface area contributed by atoms with Gasteiger partial charge in [-0.25, -0.2) is 22.5 Å². The molecule has 0 atom stereocenters. The zero-order chi connectivity index (χ0) is 20.5. The summed E-state index contributed by atoms with van der Waals surface area (Å²) in [4.78, 5) is 16.6. The number of nitrogens with one attached hydrogen (secondary N) is 2. The predicted octanol–water partition coefficient (Wildman–Crippen LogP) is 2.85. The van der Waals surface area contributed by atoms with E-state index in [4.69, 9.17) is 0 Å². The monoisotopic (exact) mass is 468 g/mol. The van der Waals surface area contributed by atoms with Gasteiger partial charge in [-0.1, -0.05) is 0 Å². The average molecular weight is 469 g/mol. The maximum Gasteiger partial charge on any atom is 0.254 e. The summed E-state index contributed by atoms with van der Waals surface area (Å²) in [5, 5.41) is 2.57. The van der Waals surface area contributed by atoms with Crippen molar-refractivity contribution < 1.29 is 17.6 Å². The van der Waals surface area contributed by atoms with Crippen molar-refractivity contribution in [2.24, 2.45) is 0 Å². The Kier molecular flexibility index (Phi) is 5.82. The molecule has 3 rings (SSSR count). The highest BCUT2D eigenvalue weighted by atomic mass is 79.9. The van der Waals surface area contributed by atoms with E-state index in [-0.39, 0.29) is 23.0 Å². The second-order valence-corrected chi connectivity index (χ2v) is 9.08. The predicted molar refractivity (Wildman–Crippen MR) is 106 cm³/mol. The van der Waals surface area contributed by atoms with Gasteiger partial charge in [0, 0.05) is 22.9 Å². The fourth-order valence-corrected chi connectivity index (χ4v) is 4.22. The van der Waals surface area contributed by atoms with Crippen LogP contribution >= 0.6 is 15.9 Å². The normalized spacial score (nSPS) is 11.9. The molecular formula is C18H18BrFN4O3S. The van der Waals surface area contributed by atoms with E-state index in [0.29, 0.717) is 11.3 Å². The van der Waals surface area contributed by atoms with Gasteiger partial charge in [-0.15, -0.1) is 0 Å². The highest BCUT2D eigenvalue weighted by Crippen LogP contribution is 2.16. The molecule has 0 unspecified atom stereocenters. The summed E-state index contributed by atoms with van der Waals surface area (Å²) in [6, 6.07) is 6.43. The van der Waals surface area contributed by atoms with Gasteiger partial charge in [0.2, 0.25) is 10.0 Å². The zero-order valence-corrected chi connectivity index (χ0v) is 17.5. The summed E-state index contributed by atoms with van der Waals surface area (Å²) < 4.78 is 43.7. The van der Waals surface area contributed by atoms with Gasteiger partial charge >= 0.3 is 0 Å². The molecule has 0 aliphatic heterocycles. The molecule has 1 aromatic carbocycles. The first-order valence-electron chi connectivity index (χ1n) is 8.39. The van der Waals surface area contributed by atoms with Crippen molar-refractivity contribution in [3.05, 3.63) is 64.3 Å². The quantitative estimate of drug-likeness (QED) is 0.581. The molecule has 28 heavy (non-hydrogen) atoms. The van der Waals surface area contributed by atoms with Crippen molar-refractivity contribution in [2.45, 2.75) is 31.3 Å². The van der Waals surface area contributed by atoms with Crippen LogP contribution in [0.1, 0.15) is 29.9 Å². The lowest BCUT2D eigenvalue weighted by Gasteiger charge is -2.11. The molecule has 1 amide bonds. The minimum Gasteiger partial charge on any atom is -0.346 e. The maximum atomic E-state index is 14.1.